The predicted octanol–water partition coefficient (Wildman–Crippen LogP) is 4.39. The summed E-state index contributed by atoms with van der Waals surface area (Å²) in [7, 11) is -7.62. The fourth-order valence-corrected chi connectivity index (χ4v) is 4.15. The predicted molar refractivity (Wildman–Crippen MR) is 103 cm³/mol. The number of rotatable bonds is 12. The molecule has 0 rings (SSSR count). The van der Waals surface area contributed by atoms with Crippen LogP contribution in [0.3, 0.4) is 0 Å². The second kappa shape index (κ2) is 12.8. The van der Waals surface area contributed by atoms with E-state index in [1.165, 1.54) is 11.1 Å². The molecule has 0 saturated carbocycles. The van der Waals surface area contributed by atoms with Crippen LogP contribution in [-0.2, 0) is 13.9 Å². The molecule has 0 heterocycles. The summed E-state index contributed by atoms with van der Waals surface area (Å²) in [6.45, 7) is 8.51. The van der Waals surface area contributed by atoms with E-state index in [1.54, 1.807) is 0 Å². The van der Waals surface area contributed by atoms with E-state index < -0.39 is 21.0 Å². The Labute approximate surface area is 151 Å². The summed E-state index contributed by atoms with van der Waals surface area (Å²) >= 11 is 0. The maximum Gasteiger partial charge on any atom is 0.361 e. The van der Waals surface area contributed by atoms with E-state index in [1.807, 2.05) is 13.0 Å². The molecule has 0 aromatic rings. The molecule has 0 fully saturated rings. The first-order chi connectivity index (χ1) is 11.5. The van der Waals surface area contributed by atoms with Crippen LogP contribution in [-0.4, -0.2) is 33.4 Å². The molecule has 0 amide bonds. The maximum absolute atomic E-state index is 11.5. The molecule has 0 saturated heterocycles. The summed E-state index contributed by atoms with van der Waals surface area (Å²) in [5.74, 6) is 0. The normalized spacial score (nSPS) is 15.8. The Balaban J connectivity index is 4.05. The quantitative estimate of drug-likeness (QED) is 0.258. The molecule has 0 aromatic carbocycles. The van der Waals surface area contributed by atoms with Crippen molar-refractivity contribution in [3.05, 3.63) is 34.9 Å². The van der Waals surface area contributed by atoms with Gasteiger partial charge in [-0.3, -0.25) is 4.57 Å². The van der Waals surface area contributed by atoms with Crippen molar-refractivity contribution in [3.8, 4) is 0 Å². The van der Waals surface area contributed by atoms with Gasteiger partial charge in [0.15, 0.2) is 0 Å². The standard InChI is InChI=1S/C17H32O6P2/c1-14(2)7-5-8-15(3)9-6-10-16(4)11-12-23-13-24(19)17(18)25(20,21)22/h7,9,11,17-18,24H,5-6,8,10,12-13H2,1-4H3,(H2,20,21,22). The highest BCUT2D eigenvalue weighted by molar-refractivity contribution is 7.67. The van der Waals surface area contributed by atoms with Crippen LogP contribution in [0.1, 0.15) is 53.4 Å². The Bertz CT molecular complexity index is 555. The van der Waals surface area contributed by atoms with E-state index in [9.17, 15) is 14.2 Å². The van der Waals surface area contributed by atoms with Crippen LogP contribution in [0.4, 0.5) is 0 Å². The van der Waals surface area contributed by atoms with Crippen LogP contribution in [0.15, 0.2) is 34.9 Å². The van der Waals surface area contributed by atoms with Crippen molar-refractivity contribution in [3.63, 3.8) is 0 Å². The number of aliphatic hydroxyl groups is 1. The van der Waals surface area contributed by atoms with Gasteiger partial charge in [0, 0.05) is 0 Å². The zero-order valence-corrected chi connectivity index (χ0v) is 17.5. The lowest BCUT2D eigenvalue weighted by molar-refractivity contribution is 0.200. The van der Waals surface area contributed by atoms with Crippen molar-refractivity contribution in [2.24, 2.45) is 0 Å². The number of allylic oxidation sites excluding steroid dienone is 5. The molecule has 0 aliphatic carbocycles. The van der Waals surface area contributed by atoms with Gasteiger partial charge in [-0.1, -0.05) is 34.9 Å². The molecule has 0 bridgehead atoms. The summed E-state index contributed by atoms with van der Waals surface area (Å²) in [5, 5.41) is 9.19. The molecule has 2 atom stereocenters. The lowest BCUT2D eigenvalue weighted by Gasteiger charge is -2.11. The fourth-order valence-electron chi connectivity index (χ4n) is 1.96. The monoisotopic (exact) mass is 394 g/mol. The molecular weight excluding hydrogens is 362 g/mol. The molecule has 2 unspecified atom stereocenters. The van der Waals surface area contributed by atoms with Gasteiger partial charge in [-0.2, -0.15) is 0 Å². The van der Waals surface area contributed by atoms with Crippen molar-refractivity contribution in [2.45, 2.75) is 59.0 Å². The number of aliphatic hydroxyl groups excluding tert-OH is 1. The van der Waals surface area contributed by atoms with Gasteiger partial charge < -0.3 is 24.2 Å². The fraction of sp³-hybridized carbons (Fsp3) is 0.647. The maximum atomic E-state index is 11.5. The highest BCUT2D eigenvalue weighted by atomic mass is 31.2. The Kier molecular flexibility index (Phi) is 12.6. The van der Waals surface area contributed by atoms with Crippen LogP contribution in [0.25, 0.3) is 0 Å². The lowest BCUT2D eigenvalue weighted by atomic mass is 10.1. The molecule has 0 aromatic heterocycles. The topological polar surface area (TPSA) is 104 Å². The summed E-state index contributed by atoms with van der Waals surface area (Å²) in [4.78, 5) is 17.5. The SMILES string of the molecule is CC(C)=CCCC(C)=CCCC(C)=CCOC[PH](=O)C(O)P(=O)(O)O. The third-order valence-corrected chi connectivity index (χ3v) is 7.10. The average Bonchev–Trinajstić information content (AvgIpc) is 2.49. The summed E-state index contributed by atoms with van der Waals surface area (Å²) < 4.78 is 27.4. The van der Waals surface area contributed by atoms with E-state index in [0.717, 1.165) is 31.3 Å². The van der Waals surface area contributed by atoms with Gasteiger partial charge in [0.25, 0.3) is 0 Å². The summed E-state index contributed by atoms with van der Waals surface area (Å²) in [6.07, 6.45) is 9.93. The second-order valence-electron chi connectivity index (χ2n) is 6.40. The molecule has 0 aliphatic rings. The first-order valence-corrected chi connectivity index (χ1v) is 11.7. The van der Waals surface area contributed by atoms with Crippen molar-refractivity contribution >= 4 is 15.4 Å². The molecule has 6 nitrogen and oxygen atoms in total. The molecular formula is C17H32O6P2. The largest absolute Gasteiger partial charge is 0.374 e. The third-order valence-electron chi connectivity index (χ3n) is 3.52. The number of hydrogen-bond donors (Lipinski definition) is 3. The molecule has 146 valence electrons. The minimum absolute atomic E-state index is 0.208. The lowest BCUT2D eigenvalue weighted by Crippen LogP contribution is -2.04. The number of ether oxygens (including phenoxy) is 1. The van der Waals surface area contributed by atoms with Crippen LogP contribution >= 0.6 is 15.4 Å². The number of hydrogen-bond acceptors (Lipinski definition) is 4. The minimum Gasteiger partial charge on any atom is -0.374 e. The molecule has 0 aliphatic heterocycles. The van der Waals surface area contributed by atoms with Crippen LogP contribution in [0.5, 0.6) is 0 Å². The first kappa shape index (κ1) is 24.5. The van der Waals surface area contributed by atoms with Gasteiger partial charge >= 0.3 is 7.60 Å². The average molecular weight is 394 g/mol. The second-order valence-corrected chi connectivity index (χ2v) is 10.3. The Morgan fingerprint density at radius 3 is 2.08 bits per heavy atom. The zero-order valence-electron chi connectivity index (χ0n) is 15.6. The van der Waals surface area contributed by atoms with Crippen molar-refractivity contribution in [1.82, 2.24) is 0 Å². The van der Waals surface area contributed by atoms with Gasteiger partial charge in [-0.15, -0.1) is 0 Å². The summed E-state index contributed by atoms with van der Waals surface area (Å²) in [6, 6.07) is 0. The Morgan fingerprint density at radius 2 is 1.56 bits per heavy atom. The van der Waals surface area contributed by atoms with E-state index in [2.05, 4.69) is 32.9 Å². The van der Waals surface area contributed by atoms with Gasteiger partial charge in [-0.25, -0.2) is 0 Å². The third kappa shape index (κ3) is 13.4. The Morgan fingerprint density at radius 1 is 1.04 bits per heavy atom. The highest BCUT2D eigenvalue weighted by Gasteiger charge is 2.31. The van der Waals surface area contributed by atoms with Crippen LogP contribution in [0, 0.1) is 0 Å². The van der Waals surface area contributed by atoms with Crippen molar-refractivity contribution in [1.29, 1.82) is 0 Å². The highest BCUT2D eigenvalue weighted by Crippen LogP contribution is 2.51. The van der Waals surface area contributed by atoms with Gasteiger partial charge in [0.1, 0.15) is 14.1 Å². The molecule has 0 spiro atoms. The van der Waals surface area contributed by atoms with Crippen LogP contribution < -0.4 is 0 Å². The van der Waals surface area contributed by atoms with Gasteiger partial charge in [0.2, 0.25) is 5.59 Å². The van der Waals surface area contributed by atoms with Crippen molar-refractivity contribution in [2.75, 3.05) is 13.0 Å². The molecule has 8 heteroatoms. The van der Waals surface area contributed by atoms with E-state index >= 15 is 0 Å². The summed E-state index contributed by atoms with van der Waals surface area (Å²) in [5.41, 5.74) is 1.71. The zero-order chi connectivity index (χ0) is 19.5. The smallest absolute Gasteiger partial charge is 0.361 e. The van der Waals surface area contributed by atoms with E-state index in [-0.39, 0.29) is 13.0 Å². The Hall–Kier alpha value is -0.480. The minimum atomic E-state index is -4.74. The van der Waals surface area contributed by atoms with Gasteiger partial charge in [-0.05, 0) is 53.4 Å². The van der Waals surface area contributed by atoms with Crippen LogP contribution in [0.2, 0.25) is 0 Å². The first-order valence-electron chi connectivity index (χ1n) is 8.32. The molecule has 25 heavy (non-hydrogen) atoms. The molecule has 3 N–H and O–H groups in total. The van der Waals surface area contributed by atoms with E-state index in [0.29, 0.717) is 0 Å². The van der Waals surface area contributed by atoms with Gasteiger partial charge in [0.05, 0.1) is 6.61 Å². The van der Waals surface area contributed by atoms with E-state index in [4.69, 9.17) is 14.5 Å². The molecule has 0 radical (unpaired) electrons. The van der Waals surface area contributed by atoms with Crippen molar-refractivity contribution < 1.29 is 28.8 Å².